The molecule has 0 aliphatic heterocycles. The Balaban J connectivity index is 0.000000242. The number of furan rings is 1. The van der Waals surface area contributed by atoms with E-state index in [1.54, 1.807) is 28.8 Å². The first-order chi connectivity index (χ1) is 23.3. The average molecular weight is 718 g/mol. The van der Waals surface area contributed by atoms with E-state index in [1.165, 1.54) is 12.3 Å². The summed E-state index contributed by atoms with van der Waals surface area (Å²) in [6.45, 7) is -5.26. The number of fused-ring (bicyclic) bond motifs is 7. The van der Waals surface area contributed by atoms with Gasteiger partial charge in [-0.15, -0.1) is 54.1 Å². The summed E-state index contributed by atoms with van der Waals surface area (Å²) >= 11 is 0. The van der Waals surface area contributed by atoms with Gasteiger partial charge in [-0.05, 0) is 48.8 Å². The van der Waals surface area contributed by atoms with Crippen LogP contribution in [0.3, 0.4) is 0 Å². The molecule has 0 bridgehead atoms. The minimum absolute atomic E-state index is 0. The van der Waals surface area contributed by atoms with Crippen LogP contribution in [-0.2, 0) is 20.1 Å². The van der Waals surface area contributed by atoms with Gasteiger partial charge in [0.2, 0.25) is 5.71 Å². The predicted molar refractivity (Wildman–Crippen MR) is 160 cm³/mol. The minimum atomic E-state index is -2.64. The molecule has 0 fully saturated rings. The van der Waals surface area contributed by atoms with Crippen LogP contribution in [0.1, 0.15) is 23.5 Å². The first-order valence-corrected chi connectivity index (χ1v) is 12.4. The van der Waals surface area contributed by atoms with E-state index in [1.807, 2.05) is 48.5 Å². The molecule has 201 valence electrons. The molecule has 0 N–H and O–H groups in total. The standard InChI is InChI=1S/C24H16N3O.C11H8N.Ir/c1-14-10-20(25-12-15(14)2)18-8-5-7-17-19-13-26-22-11-16-6-3-4-9-21(16)27(22)24(19)28-23(17)18;1-2-6-10(7-3-1)11-8-4-5-9-12-11;/h3-7,9-13H,1-2H3;1-6,8-9H;/q2*-1;/i1D3,2D3,11D;4D,5D;. The molecule has 1 radical (unpaired) electrons. The van der Waals surface area contributed by atoms with Crippen molar-refractivity contribution in [2.75, 3.05) is 0 Å². The third-order valence-electron chi connectivity index (χ3n) is 6.50. The van der Waals surface area contributed by atoms with Crippen LogP contribution in [0.15, 0.2) is 114 Å². The van der Waals surface area contributed by atoms with Gasteiger partial charge in [0, 0.05) is 57.7 Å². The maximum Gasteiger partial charge on any atom is 0.204 e. The SMILES string of the molecule is [2H]c1c2ccccc2n2c1ncc1c3cc[c-]c(-c4cc(C([2H])([2H])[2H])c(C([2H])([2H])[2H])cn4)c3oc12.[2H]c1cnc(-c2[c-]cccc2)cc1[2H].[Ir]. The molecule has 0 atom stereocenters. The number of pyridine rings is 2. The van der Waals surface area contributed by atoms with Crippen LogP contribution in [0.2, 0.25) is 0 Å². The molecule has 0 spiro atoms. The molecule has 5 nitrogen and oxygen atoms in total. The smallest absolute Gasteiger partial charge is 0.204 e. The fourth-order valence-electron chi connectivity index (χ4n) is 4.61. The number of rotatable bonds is 2. The quantitative estimate of drug-likeness (QED) is 0.169. The number of aryl methyl sites for hydroxylation is 2. The summed E-state index contributed by atoms with van der Waals surface area (Å²) in [6.07, 6.45) is 4.12. The third-order valence-corrected chi connectivity index (χ3v) is 6.50. The van der Waals surface area contributed by atoms with Crippen molar-refractivity contribution in [2.45, 2.75) is 13.7 Å². The third kappa shape index (κ3) is 4.82. The zero-order chi connectivity index (χ0) is 34.7. The van der Waals surface area contributed by atoms with Crippen LogP contribution in [0.25, 0.3) is 61.1 Å². The monoisotopic (exact) mass is 718 g/mol. The van der Waals surface area contributed by atoms with Crippen molar-refractivity contribution in [1.29, 1.82) is 0 Å². The Morgan fingerprint density at radius 1 is 0.829 bits per heavy atom. The molecule has 0 saturated heterocycles. The zero-order valence-corrected chi connectivity index (χ0v) is 23.6. The number of hydrogen-bond donors (Lipinski definition) is 0. The molecule has 41 heavy (non-hydrogen) atoms. The molecule has 0 amide bonds. The molecule has 0 aliphatic rings. The van der Waals surface area contributed by atoms with Crippen LogP contribution in [0.5, 0.6) is 0 Å². The van der Waals surface area contributed by atoms with Gasteiger partial charge < -0.3 is 14.4 Å². The molecular formula is C35H24IrN4O-2. The molecule has 0 unspecified atom stereocenters. The van der Waals surface area contributed by atoms with Crippen molar-refractivity contribution in [1.82, 2.24) is 19.4 Å². The second-order valence-electron chi connectivity index (χ2n) is 8.94. The van der Waals surface area contributed by atoms with Gasteiger partial charge in [-0.2, -0.15) is 0 Å². The van der Waals surface area contributed by atoms with Crippen LogP contribution in [0, 0.1) is 25.8 Å². The van der Waals surface area contributed by atoms with Crippen molar-refractivity contribution in [3.8, 4) is 22.5 Å². The van der Waals surface area contributed by atoms with Gasteiger partial charge in [0.1, 0.15) is 5.65 Å². The largest absolute Gasteiger partial charge is 0.487 e. The number of aromatic nitrogens is 4. The van der Waals surface area contributed by atoms with Gasteiger partial charge in [-0.3, -0.25) is 4.40 Å². The first-order valence-electron chi connectivity index (χ1n) is 16.9. The second-order valence-corrected chi connectivity index (χ2v) is 8.94. The topological polar surface area (TPSA) is 56.2 Å². The van der Waals surface area contributed by atoms with Gasteiger partial charge in [-0.1, -0.05) is 52.9 Å². The Bertz CT molecular complexity index is 2530. The first kappa shape index (κ1) is 17.9. The van der Waals surface area contributed by atoms with E-state index in [0.29, 0.717) is 45.0 Å². The fourth-order valence-corrected chi connectivity index (χ4v) is 4.61. The summed E-state index contributed by atoms with van der Waals surface area (Å²) in [5, 5.41) is 2.16. The average Bonchev–Trinajstić information content (AvgIpc) is 3.61. The maximum atomic E-state index is 8.51. The summed E-state index contributed by atoms with van der Waals surface area (Å²) in [4.78, 5) is 12.9. The van der Waals surface area contributed by atoms with E-state index in [2.05, 4.69) is 27.1 Å². The van der Waals surface area contributed by atoms with Crippen molar-refractivity contribution >= 4 is 38.6 Å². The van der Waals surface area contributed by atoms with Crippen molar-refractivity contribution in [3.63, 3.8) is 0 Å². The number of nitrogens with zero attached hydrogens (tertiary/aromatic N) is 4. The zero-order valence-electron chi connectivity index (χ0n) is 30.2. The van der Waals surface area contributed by atoms with E-state index >= 15 is 0 Å². The summed E-state index contributed by atoms with van der Waals surface area (Å²) < 4.78 is 78.1. The van der Waals surface area contributed by atoms with E-state index in [4.69, 9.17) is 16.8 Å². The van der Waals surface area contributed by atoms with E-state index < -0.39 is 13.7 Å². The van der Waals surface area contributed by atoms with Crippen LogP contribution < -0.4 is 0 Å². The fraction of sp³-hybridized carbons (Fsp3) is 0.0571. The molecule has 0 aliphatic carbocycles. The van der Waals surface area contributed by atoms with Crippen LogP contribution in [-0.4, -0.2) is 19.4 Å². The Morgan fingerprint density at radius 2 is 1.73 bits per heavy atom. The van der Waals surface area contributed by atoms with Crippen LogP contribution >= 0.6 is 0 Å². The molecule has 8 rings (SSSR count). The van der Waals surface area contributed by atoms with Crippen molar-refractivity contribution in [3.05, 3.63) is 133 Å². The van der Waals surface area contributed by atoms with Crippen LogP contribution in [0.4, 0.5) is 0 Å². The normalized spacial score (nSPS) is 14.8. The van der Waals surface area contributed by atoms with Gasteiger partial charge in [0.25, 0.3) is 0 Å². The van der Waals surface area contributed by atoms with Gasteiger partial charge in [0.15, 0.2) is 0 Å². The van der Waals surface area contributed by atoms with E-state index in [-0.39, 0.29) is 49.0 Å². The van der Waals surface area contributed by atoms with Gasteiger partial charge in [-0.25, -0.2) is 4.98 Å². The van der Waals surface area contributed by atoms with E-state index in [0.717, 1.165) is 22.7 Å². The molecule has 6 heteroatoms. The summed E-state index contributed by atoms with van der Waals surface area (Å²) in [5.74, 6) is 0. The Labute approximate surface area is 263 Å². The predicted octanol–water partition coefficient (Wildman–Crippen LogP) is 8.41. The molecule has 0 saturated carbocycles. The Morgan fingerprint density at radius 3 is 2.59 bits per heavy atom. The van der Waals surface area contributed by atoms with Gasteiger partial charge in [0.05, 0.1) is 15.2 Å². The van der Waals surface area contributed by atoms with Crippen molar-refractivity contribution in [2.24, 2.45) is 0 Å². The maximum absolute atomic E-state index is 8.51. The Hall–Kier alpha value is -4.64. The minimum Gasteiger partial charge on any atom is -0.487 e. The van der Waals surface area contributed by atoms with E-state index in [9.17, 15) is 0 Å². The molecule has 5 heterocycles. The number of hydrogen-bond acceptors (Lipinski definition) is 4. The second kappa shape index (κ2) is 11.1. The molecule has 3 aromatic carbocycles. The summed E-state index contributed by atoms with van der Waals surface area (Å²) in [5.41, 5.74) is 3.69. The van der Waals surface area contributed by atoms with Crippen molar-refractivity contribution < 1.29 is 36.9 Å². The summed E-state index contributed by atoms with van der Waals surface area (Å²) in [6, 6.07) is 28.0. The Kier molecular flexibility index (Phi) is 4.85. The summed E-state index contributed by atoms with van der Waals surface area (Å²) in [7, 11) is 0. The number of para-hydroxylation sites is 1. The molecule has 5 aromatic heterocycles. The molecule has 8 aromatic rings. The van der Waals surface area contributed by atoms with Gasteiger partial charge >= 0.3 is 0 Å². The molecular weight excluding hydrogens is 685 g/mol. The number of benzene rings is 3.